The summed E-state index contributed by atoms with van der Waals surface area (Å²) in [7, 11) is 0. The van der Waals surface area contributed by atoms with Crippen LogP contribution < -0.4 is 5.32 Å². The van der Waals surface area contributed by atoms with E-state index < -0.39 is 0 Å². The van der Waals surface area contributed by atoms with Gasteiger partial charge in [-0.05, 0) is 35.7 Å². The van der Waals surface area contributed by atoms with Crippen molar-refractivity contribution in [1.82, 2.24) is 20.0 Å². The Kier molecular flexibility index (Phi) is 7.29. The first-order chi connectivity index (χ1) is 17.2. The van der Waals surface area contributed by atoms with Gasteiger partial charge in [-0.3, -0.25) is 15.0 Å². The van der Waals surface area contributed by atoms with Crippen LogP contribution in [0.3, 0.4) is 0 Å². The Morgan fingerprint density at radius 2 is 1.83 bits per heavy atom. The zero-order valence-electron chi connectivity index (χ0n) is 19.2. The van der Waals surface area contributed by atoms with Gasteiger partial charge in [0.2, 0.25) is 0 Å². The second kappa shape index (κ2) is 10.9. The maximum Gasteiger partial charge on any atom is 0.269 e. The van der Waals surface area contributed by atoms with Gasteiger partial charge in [0, 0.05) is 60.5 Å². The van der Waals surface area contributed by atoms with Crippen molar-refractivity contribution in [3.63, 3.8) is 0 Å². The van der Waals surface area contributed by atoms with Gasteiger partial charge >= 0.3 is 0 Å². The molecule has 1 N–H and O–H groups in total. The van der Waals surface area contributed by atoms with Crippen molar-refractivity contribution in [2.75, 3.05) is 32.8 Å². The number of benzene rings is 2. The van der Waals surface area contributed by atoms with Crippen LogP contribution in [0, 0.1) is 10.1 Å². The third-order valence-corrected chi connectivity index (χ3v) is 7.15. The quantitative estimate of drug-likeness (QED) is 0.272. The average molecular weight is 490 g/mol. The zero-order chi connectivity index (χ0) is 24.0. The molecule has 2 aromatic heterocycles. The molecule has 1 saturated heterocycles. The Labute approximate surface area is 207 Å². The van der Waals surface area contributed by atoms with Gasteiger partial charge < -0.3 is 10.1 Å². The van der Waals surface area contributed by atoms with Gasteiger partial charge in [-0.1, -0.05) is 24.3 Å². The van der Waals surface area contributed by atoms with E-state index in [9.17, 15) is 10.1 Å². The zero-order valence-corrected chi connectivity index (χ0v) is 20.1. The Bertz CT molecular complexity index is 1240. The fourth-order valence-corrected chi connectivity index (χ4v) is 5.22. The smallest absolute Gasteiger partial charge is 0.269 e. The molecular weight excluding hydrogens is 462 g/mol. The molecule has 0 radical (unpaired) electrons. The number of hydrogen-bond donors (Lipinski definition) is 1. The standard InChI is InChI=1S/C26H27N5O3S/c32-31(33)23-10-8-20(9-11-23)26-21(19-30(28-26)22-5-2-1-3-6-22)17-27-18-24(25-7-4-16-35-25)29-12-14-34-15-13-29/h1-11,16,19,24,27H,12-15,17-18H2. The highest BCUT2D eigenvalue weighted by atomic mass is 32.1. The van der Waals surface area contributed by atoms with E-state index in [0.29, 0.717) is 6.54 Å². The molecular formula is C26H27N5O3S. The first kappa shape index (κ1) is 23.4. The van der Waals surface area contributed by atoms with E-state index in [0.717, 1.165) is 55.4 Å². The molecule has 35 heavy (non-hydrogen) atoms. The van der Waals surface area contributed by atoms with Crippen molar-refractivity contribution in [2.45, 2.75) is 12.6 Å². The van der Waals surface area contributed by atoms with Crippen molar-refractivity contribution in [1.29, 1.82) is 0 Å². The lowest BCUT2D eigenvalue weighted by atomic mass is 10.1. The molecule has 1 unspecified atom stereocenters. The third-order valence-electron chi connectivity index (χ3n) is 6.17. The predicted molar refractivity (Wildman–Crippen MR) is 137 cm³/mol. The Balaban J connectivity index is 1.38. The Morgan fingerprint density at radius 3 is 2.51 bits per heavy atom. The molecule has 0 aliphatic carbocycles. The molecule has 1 fully saturated rings. The summed E-state index contributed by atoms with van der Waals surface area (Å²) in [5.41, 5.74) is 3.74. The third kappa shape index (κ3) is 5.49. The number of nitro groups is 1. The molecule has 1 aliphatic heterocycles. The number of morpholine rings is 1. The van der Waals surface area contributed by atoms with Crippen LogP contribution in [0.4, 0.5) is 5.69 Å². The molecule has 3 heterocycles. The van der Waals surface area contributed by atoms with Crippen LogP contribution in [0.2, 0.25) is 0 Å². The molecule has 0 saturated carbocycles. The Hall–Kier alpha value is -3.37. The summed E-state index contributed by atoms with van der Waals surface area (Å²) in [5, 5.41) is 21.7. The van der Waals surface area contributed by atoms with Crippen LogP contribution in [-0.2, 0) is 11.3 Å². The summed E-state index contributed by atoms with van der Waals surface area (Å²) in [6.45, 7) is 4.79. The van der Waals surface area contributed by atoms with Gasteiger partial charge in [0.25, 0.3) is 5.69 Å². The lowest BCUT2D eigenvalue weighted by molar-refractivity contribution is -0.384. The Morgan fingerprint density at radius 1 is 1.06 bits per heavy atom. The largest absolute Gasteiger partial charge is 0.379 e. The summed E-state index contributed by atoms with van der Waals surface area (Å²) in [6, 6.07) is 21.1. The van der Waals surface area contributed by atoms with Crippen LogP contribution in [-0.4, -0.2) is 52.5 Å². The number of thiophene rings is 1. The fraction of sp³-hybridized carbons (Fsp3) is 0.269. The maximum absolute atomic E-state index is 11.1. The minimum absolute atomic E-state index is 0.0696. The summed E-state index contributed by atoms with van der Waals surface area (Å²) in [6.07, 6.45) is 2.04. The van der Waals surface area contributed by atoms with E-state index in [2.05, 4.69) is 27.7 Å². The minimum Gasteiger partial charge on any atom is -0.379 e. The number of rotatable bonds is 9. The van der Waals surface area contributed by atoms with Crippen LogP contribution in [0.1, 0.15) is 16.5 Å². The van der Waals surface area contributed by atoms with Crippen LogP contribution in [0.25, 0.3) is 16.9 Å². The van der Waals surface area contributed by atoms with Crippen molar-refractivity contribution < 1.29 is 9.66 Å². The van der Waals surface area contributed by atoms with E-state index in [-0.39, 0.29) is 16.7 Å². The van der Waals surface area contributed by atoms with Crippen LogP contribution >= 0.6 is 11.3 Å². The van der Waals surface area contributed by atoms with E-state index in [1.165, 1.54) is 17.0 Å². The van der Waals surface area contributed by atoms with E-state index in [1.54, 1.807) is 23.5 Å². The first-order valence-corrected chi connectivity index (χ1v) is 12.5. The predicted octanol–water partition coefficient (Wildman–Crippen LogP) is 4.67. The highest BCUT2D eigenvalue weighted by Gasteiger charge is 2.23. The molecule has 2 aromatic carbocycles. The van der Waals surface area contributed by atoms with E-state index >= 15 is 0 Å². The number of aromatic nitrogens is 2. The maximum atomic E-state index is 11.1. The first-order valence-electron chi connectivity index (χ1n) is 11.6. The van der Waals surface area contributed by atoms with Crippen LogP contribution in [0.15, 0.2) is 78.3 Å². The van der Waals surface area contributed by atoms with Crippen molar-refractivity contribution >= 4 is 17.0 Å². The number of para-hydroxylation sites is 1. The highest BCUT2D eigenvalue weighted by molar-refractivity contribution is 7.10. The van der Waals surface area contributed by atoms with Crippen LogP contribution in [0.5, 0.6) is 0 Å². The molecule has 0 amide bonds. The minimum atomic E-state index is -0.384. The SMILES string of the molecule is O=[N+]([O-])c1ccc(-c2nn(-c3ccccc3)cc2CNCC(c2cccs2)N2CCOCC2)cc1. The molecule has 0 bridgehead atoms. The number of nitro benzene ring substituents is 1. The number of nitrogens with one attached hydrogen (secondary N) is 1. The average Bonchev–Trinajstić information content (AvgIpc) is 3.58. The van der Waals surface area contributed by atoms with Gasteiger partial charge in [-0.25, -0.2) is 4.68 Å². The molecule has 9 heteroatoms. The highest BCUT2D eigenvalue weighted by Crippen LogP contribution is 2.28. The molecule has 1 atom stereocenters. The van der Waals surface area contributed by atoms with Gasteiger partial charge in [0.1, 0.15) is 0 Å². The van der Waals surface area contributed by atoms with Gasteiger partial charge in [-0.2, -0.15) is 5.10 Å². The fourth-order valence-electron chi connectivity index (χ4n) is 4.36. The van der Waals surface area contributed by atoms with Crippen molar-refractivity contribution in [3.05, 3.63) is 98.9 Å². The lowest BCUT2D eigenvalue weighted by Gasteiger charge is -2.34. The van der Waals surface area contributed by atoms with Gasteiger partial charge in [0.05, 0.1) is 35.6 Å². The molecule has 4 aromatic rings. The molecule has 1 aliphatic rings. The second-order valence-corrected chi connectivity index (χ2v) is 9.38. The van der Waals surface area contributed by atoms with Gasteiger partial charge in [-0.15, -0.1) is 11.3 Å². The molecule has 0 spiro atoms. The van der Waals surface area contributed by atoms with E-state index in [4.69, 9.17) is 9.84 Å². The summed E-state index contributed by atoms with van der Waals surface area (Å²) < 4.78 is 7.43. The molecule has 5 rings (SSSR count). The monoisotopic (exact) mass is 489 g/mol. The number of ether oxygens (including phenoxy) is 1. The van der Waals surface area contributed by atoms with Gasteiger partial charge in [0.15, 0.2) is 0 Å². The molecule has 180 valence electrons. The molecule has 8 nitrogen and oxygen atoms in total. The summed E-state index contributed by atoms with van der Waals surface area (Å²) in [5.74, 6) is 0. The summed E-state index contributed by atoms with van der Waals surface area (Å²) in [4.78, 5) is 14.5. The van der Waals surface area contributed by atoms with Crippen molar-refractivity contribution in [3.8, 4) is 16.9 Å². The summed E-state index contributed by atoms with van der Waals surface area (Å²) >= 11 is 1.78. The number of hydrogen-bond acceptors (Lipinski definition) is 7. The van der Waals surface area contributed by atoms with Crippen molar-refractivity contribution in [2.24, 2.45) is 0 Å². The second-order valence-electron chi connectivity index (χ2n) is 8.40. The normalized spacial score (nSPS) is 15.2. The topological polar surface area (TPSA) is 85.5 Å². The number of non-ortho nitro benzene ring substituents is 1. The lowest BCUT2D eigenvalue weighted by Crippen LogP contribution is -2.42. The van der Waals surface area contributed by atoms with E-state index in [1.807, 2.05) is 41.2 Å². The number of nitrogens with zero attached hydrogens (tertiary/aromatic N) is 4.